The van der Waals surface area contributed by atoms with Crippen LogP contribution in [0.4, 0.5) is 5.82 Å². The van der Waals surface area contributed by atoms with Gasteiger partial charge in [-0.15, -0.1) is 0 Å². The molecule has 0 saturated carbocycles. The Hall–Kier alpha value is -2.86. The minimum atomic E-state index is 0.344. The standard InChI is InChI=1S/C24H25BrN2O3/c1-17-22(12-13-28)23(25)14-24(26-17)27(15-18-4-8-20(29-2)9-5-18)16-19-6-10-21(30-3)11-7-19/h4-11,13-14H,12,15-16H2,1-3H3. The van der Waals surface area contributed by atoms with E-state index >= 15 is 0 Å². The fraction of sp³-hybridized carbons (Fsp3) is 0.250. The van der Waals surface area contributed by atoms with E-state index in [1.165, 1.54) is 0 Å². The van der Waals surface area contributed by atoms with Crippen molar-refractivity contribution in [2.24, 2.45) is 0 Å². The quantitative estimate of drug-likeness (QED) is 0.408. The van der Waals surface area contributed by atoms with Gasteiger partial charge in [-0.05, 0) is 53.9 Å². The van der Waals surface area contributed by atoms with Crippen molar-refractivity contribution in [3.05, 3.63) is 81.5 Å². The first kappa shape index (κ1) is 21.8. The Morgan fingerprint density at radius 1 is 0.933 bits per heavy atom. The number of aryl methyl sites for hydroxylation is 1. The molecule has 3 aromatic rings. The number of hydrogen-bond donors (Lipinski definition) is 0. The van der Waals surface area contributed by atoms with E-state index in [9.17, 15) is 4.79 Å². The molecule has 0 atom stereocenters. The highest BCUT2D eigenvalue weighted by Gasteiger charge is 2.15. The Bertz CT molecular complexity index is 916. The van der Waals surface area contributed by atoms with Gasteiger partial charge in [-0.1, -0.05) is 40.2 Å². The molecular weight excluding hydrogens is 444 g/mol. The highest BCUT2D eigenvalue weighted by Crippen LogP contribution is 2.28. The summed E-state index contributed by atoms with van der Waals surface area (Å²) in [5.74, 6) is 2.51. The summed E-state index contributed by atoms with van der Waals surface area (Å²) in [7, 11) is 3.33. The number of carbonyl (C=O) groups is 1. The van der Waals surface area contributed by atoms with Gasteiger partial charge in [0.15, 0.2) is 0 Å². The lowest BCUT2D eigenvalue weighted by atomic mass is 10.1. The maximum absolute atomic E-state index is 11.0. The predicted molar refractivity (Wildman–Crippen MR) is 122 cm³/mol. The zero-order valence-electron chi connectivity index (χ0n) is 17.4. The molecule has 2 aromatic carbocycles. The molecule has 0 amide bonds. The molecule has 0 fully saturated rings. The normalized spacial score (nSPS) is 10.5. The number of nitrogens with zero attached hydrogens (tertiary/aromatic N) is 2. The van der Waals surface area contributed by atoms with Gasteiger partial charge in [-0.25, -0.2) is 4.98 Å². The van der Waals surface area contributed by atoms with Gasteiger partial charge in [0, 0.05) is 29.7 Å². The van der Waals surface area contributed by atoms with Crippen molar-refractivity contribution in [2.45, 2.75) is 26.4 Å². The summed E-state index contributed by atoms with van der Waals surface area (Å²) in [6.45, 7) is 3.30. The van der Waals surface area contributed by atoms with Gasteiger partial charge in [0.25, 0.3) is 0 Å². The van der Waals surface area contributed by atoms with Crippen LogP contribution in [0.25, 0.3) is 0 Å². The van der Waals surface area contributed by atoms with E-state index < -0.39 is 0 Å². The number of methoxy groups -OCH3 is 2. The maximum Gasteiger partial charge on any atom is 0.130 e. The van der Waals surface area contributed by atoms with Gasteiger partial charge in [0.2, 0.25) is 0 Å². The summed E-state index contributed by atoms with van der Waals surface area (Å²) in [5, 5.41) is 0. The zero-order valence-corrected chi connectivity index (χ0v) is 19.0. The first-order valence-electron chi connectivity index (χ1n) is 9.64. The number of carbonyl (C=O) groups excluding carboxylic acids is 1. The van der Waals surface area contributed by atoms with Crippen LogP contribution in [0.3, 0.4) is 0 Å². The molecule has 0 spiro atoms. The second-order valence-electron chi connectivity index (χ2n) is 6.95. The molecule has 30 heavy (non-hydrogen) atoms. The topological polar surface area (TPSA) is 51.7 Å². The number of hydrogen-bond acceptors (Lipinski definition) is 5. The fourth-order valence-electron chi connectivity index (χ4n) is 3.26. The van der Waals surface area contributed by atoms with Crippen molar-refractivity contribution >= 4 is 28.0 Å². The van der Waals surface area contributed by atoms with E-state index in [0.717, 1.165) is 50.5 Å². The number of rotatable bonds is 9. The number of halogens is 1. The van der Waals surface area contributed by atoms with Crippen molar-refractivity contribution in [3.8, 4) is 11.5 Å². The van der Waals surface area contributed by atoms with E-state index in [1.807, 2.05) is 37.3 Å². The zero-order chi connectivity index (χ0) is 21.5. The van der Waals surface area contributed by atoms with Crippen LogP contribution in [-0.4, -0.2) is 25.5 Å². The molecule has 0 aliphatic carbocycles. The molecule has 0 N–H and O–H groups in total. The average Bonchev–Trinajstić information content (AvgIpc) is 2.76. The second kappa shape index (κ2) is 10.3. The van der Waals surface area contributed by atoms with Crippen LogP contribution in [0.15, 0.2) is 59.1 Å². The number of benzene rings is 2. The lowest BCUT2D eigenvalue weighted by Crippen LogP contribution is -2.23. The summed E-state index contributed by atoms with van der Waals surface area (Å²) in [6, 6.07) is 18.1. The largest absolute Gasteiger partial charge is 0.497 e. The summed E-state index contributed by atoms with van der Waals surface area (Å²) >= 11 is 3.62. The van der Waals surface area contributed by atoms with Gasteiger partial charge in [-0.3, -0.25) is 0 Å². The van der Waals surface area contributed by atoms with Crippen LogP contribution in [-0.2, 0) is 24.3 Å². The van der Waals surface area contributed by atoms with Crippen LogP contribution >= 0.6 is 15.9 Å². The Kier molecular flexibility index (Phi) is 7.46. The molecule has 0 aliphatic rings. The molecular formula is C24H25BrN2O3. The van der Waals surface area contributed by atoms with E-state index in [-0.39, 0.29) is 0 Å². The Morgan fingerprint density at radius 2 is 1.43 bits per heavy atom. The number of aromatic nitrogens is 1. The van der Waals surface area contributed by atoms with E-state index in [4.69, 9.17) is 14.5 Å². The SMILES string of the molecule is COc1ccc(CN(Cc2ccc(OC)cc2)c2cc(Br)c(CC=O)c(C)n2)cc1. The van der Waals surface area contributed by atoms with Crippen LogP contribution in [0.1, 0.15) is 22.4 Å². The third-order valence-electron chi connectivity index (χ3n) is 4.94. The molecule has 0 unspecified atom stereocenters. The third kappa shape index (κ3) is 5.39. The second-order valence-corrected chi connectivity index (χ2v) is 7.80. The molecule has 0 aliphatic heterocycles. The van der Waals surface area contributed by atoms with E-state index in [1.54, 1.807) is 14.2 Å². The van der Waals surface area contributed by atoms with Gasteiger partial charge < -0.3 is 19.2 Å². The molecule has 5 nitrogen and oxygen atoms in total. The van der Waals surface area contributed by atoms with Crippen molar-refractivity contribution in [1.29, 1.82) is 0 Å². The molecule has 156 valence electrons. The van der Waals surface area contributed by atoms with Crippen LogP contribution in [0.2, 0.25) is 0 Å². The predicted octanol–water partition coefficient (Wildman–Crippen LogP) is 5.12. The van der Waals surface area contributed by atoms with Crippen molar-refractivity contribution < 1.29 is 14.3 Å². The number of anilines is 1. The van der Waals surface area contributed by atoms with Gasteiger partial charge >= 0.3 is 0 Å². The number of ether oxygens (including phenoxy) is 2. The Morgan fingerprint density at radius 3 is 1.83 bits per heavy atom. The van der Waals surface area contributed by atoms with Gasteiger partial charge in [-0.2, -0.15) is 0 Å². The third-order valence-corrected chi connectivity index (χ3v) is 5.65. The molecule has 0 radical (unpaired) electrons. The maximum atomic E-state index is 11.0. The van der Waals surface area contributed by atoms with E-state index in [0.29, 0.717) is 19.5 Å². The van der Waals surface area contributed by atoms with Gasteiger partial charge in [0.05, 0.1) is 14.2 Å². The lowest BCUT2D eigenvalue weighted by molar-refractivity contribution is -0.107. The van der Waals surface area contributed by atoms with Crippen molar-refractivity contribution in [3.63, 3.8) is 0 Å². The Balaban J connectivity index is 1.93. The first-order valence-corrected chi connectivity index (χ1v) is 10.4. The smallest absolute Gasteiger partial charge is 0.130 e. The molecule has 1 heterocycles. The van der Waals surface area contributed by atoms with Crippen molar-refractivity contribution in [2.75, 3.05) is 19.1 Å². The number of aldehydes is 1. The number of pyridine rings is 1. The van der Waals surface area contributed by atoms with Crippen LogP contribution in [0.5, 0.6) is 11.5 Å². The Labute approximate surface area is 185 Å². The lowest BCUT2D eigenvalue weighted by Gasteiger charge is -2.25. The first-order chi connectivity index (χ1) is 14.5. The molecule has 0 bridgehead atoms. The molecule has 0 saturated heterocycles. The molecule has 1 aromatic heterocycles. The summed E-state index contributed by atoms with van der Waals surface area (Å²) in [4.78, 5) is 18.0. The minimum absolute atomic E-state index is 0.344. The van der Waals surface area contributed by atoms with E-state index in [2.05, 4.69) is 45.1 Å². The van der Waals surface area contributed by atoms with Crippen molar-refractivity contribution in [1.82, 2.24) is 4.98 Å². The van der Waals surface area contributed by atoms with Crippen LogP contribution < -0.4 is 14.4 Å². The molecule has 6 heteroatoms. The molecule has 3 rings (SSSR count). The average molecular weight is 469 g/mol. The summed E-state index contributed by atoms with van der Waals surface area (Å²) in [5.41, 5.74) is 4.07. The fourth-order valence-corrected chi connectivity index (χ4v) is 3.91. The van der Waals surface area contributed by atoms with Crippen LogP contribution in [0, 0.1) is 6.92 Å². The highest BCUT2D eigenvalue weighted by molar-refractivity contribution is 9.10. The summed E-state index contributed by atoms with van der Waals surface area (Å²) < 4.78 is 11.4. The van der Waals surface area contributed by atoms with Gasteiger partial charge in [0.1, 0.15) is 23.6 Å². The summed E-state index contributed by atoms with van der Waals surface area (Å²) in [6.07, 6.45) is 1.25. The monoisotopic (exact) mass is 468 g/mol. The highest BCUT2D eigenvalue weighted by atomic mass is 79.9. The minimum Gasteiger partial charge on any atom is -0.497 e.